The Kier molecular flexibility index (Phi) is 4.60. The van der Waals surface area contributed by atoms with E-state index in [1.807, 2.05) is 19.1 Å². The second-order valence-electron chi connectivity index (χ2n) is 6.61. The van der Waals surface area contributed by atoms with Crippen molar-refractivity contribution in [2.45, 2.75) is 19.3 Å². The van der Waals surface area contributed by atoms with Crippen LogP contribution in [0.1, 0.15) is 23.5 Å². The number of aromatic nitrogens is 2. The van der Waals surface area contributed by atoms with Gasteiger partial charge >= 0.3 is 0 Å². The molecule has 0 bridgehead atoms. The number of hydrogen-bond donors (Lipinski definition) is 2. The minimum Gasteiger partial charge on any atom is -0.326 e. The van der Waals surface area contributed by atoms with E-state index in [-0.39, 0.29) is 18.2 Å². The third-order valence-corrected chi connectivity index (χ3v) is 4.85. The molecular weight excluding hydrogens is 383 g/mol. The normalized spacial score (nSPS) is 15.7. The van der Waals surface area contributed by atoms with Crippen LogP contribution in [0, 0.1) is 12.7 Å². The highest BCUT2D eigenvalue weighted by atomic mass is 35.5. The molecule has 6 nitrogen and oxygen atoms in total. The maximum absolute atomic E-state index is 13.5. The van der Waals surface area contributed by atoms with Gasteiger partial charge in [-0.1, -0.05) is 17.7 Å². The Labute approximate surface area is 165 Å². The van der Waals surface area contributed by atoms with Gasteiger partial charge in [0, 0.05) is 28.9 Å². The van der Waals surface area contributed by atoms with Gasteiger partial charge in [-0.25, -0.2) is 9.07 Å². The van der Waals surface area contributed by atoms with Crippen LogP contribution >= 0.6 is 11.6 Å². The van der Waals surface area contributed by atoms with Crippen molar-refractivity contribution in [2.24, 2.45) is 0 Å². The third kappa shape index (κ3) is 3.48. The Hall–Kier alpha value is -3.19. The molecular formula is C20H16ClFN4O2. The average molecular weight is 399 g/mol. The van der Waals surface area contributed by atoms with Crippen LogP contribution in [-0.4, -0.2) is 21.6 Å². The molecule has 0 aliphatic carbocycles. The maximum atomic E-state index is 13.5. The lowest BCUT2D eigenvalue weighted by molar-refractivity contribution is -0.123. The molecule has 2 heterocycles. The van der Waals surface area contributed by atoms with Crippen LogP contribution in [0.15, 0.2) is 48.7 Å². The zero-order valence-corrected chi connectivity index (χ0v) is 15.6. The first-order valence-corrected chi connectivity index (χ1v) is 9.01. The number of rotatable bonds is 3. The molecule has 28 heavy (non-hydrogen) atoms. The monoisotopic (exact) mass is 398 g/mol. The first-order valence-electron chi connectivity index (χ1n) is 8.63. The van der Waals surface area contributed by atoms with Gasteiger partial charge in [-0.2, -0.15) is 0 Å². The molecule has 0 fully saturated rings. The molecule has 1 aromatic heterocycles. The molecule has 0 spiro atoms. The van der Waals surface area contributed by atoms with E-state index in [0.717, 1.165) is 11.3 Å². The summed E-state index contributed by atoms with van der Waals surface area (Å²) in [5.74, 6) is -1.49. The number of aryl methyl sites for hydroxylation is 1. The lowest BCUT2D eigenvalue weighted by atomic mass is 9.89. The number of nitrogens with zero attached hydrogens (tertiary/aromatic N) is 2. The van der Waals surface area contributed by atoms with Crippen molar-refractivity contribution >= 4 is 34.9 Å². The molecule has 1 aliphatic rings. The number of carbonyl (C=O) groups is 2. The van der Waals surface area contributed by atoms with Crippen LogP contribution in [0.3, 0.4) is 0 Å². The second kappa shape index (κ2) is 7.09. The summed E-state index contributed by atoms with van der Waals surface area (Å²) in [5.41, 5.74) is 2.46. The lowest BCUT2D eigenvalue weighted by Gasteiger charge is -2.24. The summed E-state index contributed by atoms with van der Waals surface area (Å²) < 4.78 is 15.1. The van der Waals surface area contributed by atoms with Crippen molar-refractivity contribution in [2.75, 3.05) is 10.6 Å². The van der Waals surface area contributed by atoms with Gasteiger partial charge in [-0.15, -0.1) is 5.10 Å². The zero-order valence-electron chi connectivity index (χ0n) is 14.9. The Morgan fingerprint density at radius 2 is 2.04 bits per heavy atom. The van der Waals surface area contributed by atoms with Gasteiger partial charge in [-0.3, -0.25) is 9.59 Å². The van der Waals surface area contributed by atoms with Crippen LogP contribution in [0.4, 0.5) is 15.9 Å². The highest BCUT2D eigenvalue weighted by Crippen LogP contribution is 2.33. The zero-order chi connectivity index (χ0) is 19.8. The molecule has 2 amide bonds. The predicted molar refractivity (Wildman–Crippen MR) is 104 cm³/mol. The van der Waals surface area contributed by atoms with Crippen LogP contribution in [0.2, 0.25) is 5.02 Å². The van der Waals surface area contributed by atoms with Crippen molar-refractivity contribution in [1.82, 2.24) is 9.78 Å². The van der Waals surface area contributed by atoms with E-state index in [9.17, 15) is 14.0 Å². The number of fused-ring (bicyclic) bond motifs is 1. The molecule has 8 heteroatoms. The minimum atomic E-state index is -0.718. The van der Waals surface area contributed by atoms with Gasteiger partial charge in [0.25, 0.3) is 0 Å². The Morgan fingerprint density at radius 1 is 1.29 bits per heavy atom. The fraction of sp³-hybridized carbons (Fsp3) is 0.150. The standard InChI is InChI=1S/C20H16ClFN4O2/c1-11-10-26(14-5-2-12(21)3-6-14)25-19(11)24-20(28)16-9-18(27)23-17-8-13(22)4-7-15(16)17/h2-8,10,16H,9H2,1H3,(H,23,27)(H,24,25,28)/t16-/m1/s1. The Bertz CT molecular complexity index is 1080. The first kappa shape index (κ1) is 18.2. The van der Waals surface area contributed by atoms with Gasteiger partial charge in [0.2, 0.25) is 11.8 Å². The lowest BCUT2D eigenvalue weighted by Crippen LogP contribution is -2.31. The third-order valence-electron chi connectivity index (χ3n) is 4.60. The van der Waals surface area contributed by atoms with Crippen LogP contribution in [0.5, 0.6) is 0 Å². The number of amides is 2. The fourth-order valence-electron chi connectivity index (χ4n) is 3.18. The van der Waals surface area contributed by atoms with E-state index in [1.54, 1.807) is 23.0 Å². The highest BCUT2D eigenvalue weighted by molar-refractivity contribution is 6.30. The summed E-state index contributed by atoms with van der Waals surface area (Å²) in [6.07, 6.45) is 1.77. The van der Waals surface area contributed by atoms with Gasteiger partial charge < -0.3 is 10.6 Å². The molecule has 0 saturated carbocycles. The highest BCUT2D eigenvalue weighted by Gasteiger charge is 2.31. The fourth-order valence-corrected chi connectivity index (χ4v) is 3.31. The summed E-state index contributed by atoms with van der Waals surface area (Å²) in [6, 6.07) is 11.1. The molecule has 0 saturated heterocycles. The van der Waals surface area contributed by atoms with Crippen LogP contribution < -0.4 is 10.6 Å². The van der Waals surface area contributed by atoms with E-state index in [0.29, 0.717) is 22.1 Å². The quantitative estimate of drug-likeness (QED) is 0.699. The molecule has 4 rings (SSSR count). The molecule has 2 N–H and O–H groups in total. The summed E-state index contributed by atoms with van der Waals surface area (Å²) in [4.78, 5) is 24.8. The minimum absolute atomic E-state index is 0.0125. The first-order chi connectivity index (χ1) is 13.4. The Morgan fingerprint density at radius 3 is 2.79 bits per heavy atom. The number of benzene rings is 2. The molecule has 0 radical (unpaired) electrons. The van der Waals surface area contributed by atoms with E-state index < -0.39 is 11.7 Å². The van der Waals surface area contributed by atoms with E-state index >= 15 is 0 Å². The van der Waals surface area contributed by atoms with Crippen molar-refractivity contribution in [3.63, 3.8) is 0 Å². The number of hydrogen-bond acceptors (Lipinski definition) is 3. The maximum Gasteiger partial charge on any atom is 0.233 e. The molecule has 1 aliphatic heterocycles. The Balaban J connectivity index is 1.59. The summed E-state index contributed by atoms with van der Waals surface area (Å²) >= 11 is 5.91. The van der Waals surface area contributed by atoms with Crippen LogP contribution in [-0.2, 0) is 9.59 Å². The summed E-state index contributed by atoms with van der Waals surface area (Å²) in [7, 11) is 0. The average Bonchev–Trinajstić information content (AvgIpc) is 3.01. The predicted octanol–water partition coefficient (Wildman–Crippen LogP) is 4.04. The van der Waals surface area contributed by atoms with Crippen LogP contribution in [0.25, 0.3) is 5.69 Å². The summed E-state index contributed by atoms with van der Waals surface area (Å²) in [6.45, 7) is 1.83. The topological polar surface area (TPSA) is 76.0 Å². The van der Waals surface area contributed by atoms with Gasteiger partial charge in [0.15, 0.2) is 5.82 Å². The number of nitrogens with one attached hydrogen (secondary N) is 2. The van der Waals surface area contributed by atoms with Crippen molar-refractivity contribution < 1.29 is 14.0 Å². The van der Waals surface area contributed by atoms with Crippen molar-refractivity contribution in [3.05, 3.63) is 70.6 Å². The number of carbonyl (C=O) groups excluding carboxylic acids is 2. The molecule has 1 atom stereocenters. The smallest absolute Gasteiger partial charge is 0.233 e. The molecule has 2 aromatic carbocycles. The van der Waals surface area contributed by atoms with Crippen molar-refractivity contribution in [3.8, 4) is 5.69 Å². The second-order valence-corrected chi connectivity index (χ2v) is 7.04. The molecule has 3 aromatic rings. The van der Waals surface area contributed by atoms with E-state index in [4.69, 9.17) is 11.6 Å². The van der Waals surface area contributed by atoms with E-state index in [1.165, 1.54) is 18.2 Å². The largest absolute Gasteiger partial charge is 0.326 e. The van der Waals surface area contributed by atoms with Gasteiger partial charge in [0.1, 0.15) is 5.82 Å². The number of anilines is 2. The van der Waals surface area contributed by atoms with E-state index in [2.05, 4.69) is 15.7 Å². The summed E-state index contributed by atoms with van der Waals surface area (Å²) in [5, 5.41) is 10.4. The van der Waals surface area contributed by atoms with Crippen molar-refractivity contribution in [1.29, 1.82) is 0 Å². The van der Waals surface area contributed by atoms with Gasteiger partial charge in [0.05, 0.1) is 11.6 Å². The SMILES string of the molecule is Cc1cn(-c2ccc(Cl)cc2)nc1NC(=O)[C@@H]1CC(=O)Nc2cc(F)ccc21. The molecule has 0 unspecified atom stereocenters. The number of halogens is 2. The van der Waals surface area contributed by atoms with Gasteiger partial charge in [-0.05, 0) is 48.9 Å². The molecule has 142 valence electrons.